The first-order chi connectivity index (χ1) is 7.98. The van der Waals surface area contributed by atoms with Crippen molar-refractivity contribution in [1.29, 1.82) is 0 Å². The second kappa shape index (κ2) is 5.82. The molecule has 1 aliphatic heterocycles. The van der Waals surface area contributed by atoms with Crippen LogP contribution in [0.25, 0.3) is 0 Å². The molecule has 4 nitrogen and oxygen atoms in total. The summed E-state index contributed by atoms with van der Waals surface area (Å²) in [4.78, 5) is 29.4. The minimum atomic E-state index is -1.13. The molecule has 0 aromatic heterocycles. The van der Waals surface area contributed by atoms with Crippen LogP contribution >= 0.6 is 0 Å². The molecular formula is C12H15N2NaO2S. The van der Waals surface area contributed by atoms with Crippen molar-refractivity contribution in [1.82, 2.24) is 4.90 Å². The van der Waals surface area contributed by atoms with Gasteiger partial charge in [-0.05, 0) is 43.3 Å². The van der Waals surface area contributed by atoms with Crippen LogP contribution in [0.1, 0.15) is 32.6 Å². The van der Waals surface area contributed by atoms with Gasteiger partial charge in [0, 0.05) is 7.05 Å². The Kier molecular flexibility index (Phi) is 5.12. The number of amides is 2. The molecule has 0 spiro atoms. The van der Waals surface area contributed by atoms with Gasteiger partial charge in [0.1, 0.15) is 5.41 Å². The van der Waals surface area contributed by atoms with Crippen molar-refractivity contribution in [3.63, 3.8) is 0 Å². The van der Waals surface area contributed by atoms with Crippen molar-refractivity contribution in [3.05, 3.63) is 11.6 Å². The Hall–Kier alpha value is -0.230. The summed E-state index contributed by atoms with van der Waals surface area (Å²) < 4.78 is 0. The van der Waals surface area contributed by atoms with Gasteiger partial charge in [0.15, 0.2) is 0 Å². The average molecular weight is 274 g/mol. The summed E-state index contributed by atoms with van der Waals surface area (Å²) >= 11 is 4.88. The maximum absolute atomic E-state index is 12.3. The van der Waals surface area contributed by atoms with Crippen LogP contribution in [-0.4, -0.2) is 28.9 Å². The van der Waals surface area contributed by atoms with Crippen LogP contribution in [0.4, 0.5) is 0 Å². The van der Waals surface area contributed by atoms with Gasteiger partial charge < -0.3 is 17.5 Å². The van der Waals surface area contributed by atoms with Gasteiger partial charge in [-0.3, -0.25) is 9.59 Å². The van der Waals surface area contributed by atoms with Crippen LogP contribution in [-0.2, 0) is 22.2 Å². The SMILES string of the molecule is CN1C(=O)C(C)(C2=CCCCC2)C(=O)N=C1[S-].[Na+]. The fourth-order valence-electron chi connectivity index (χ4n) is 2.35. The van der Waals surface area contributed by atoms with Gasteiger partial charge in [-0.25, -0.2) is 4.99 Å². The van der Waals surface area contributed by atoms with E-state index in [1.165, 1.54) is 4.90 Å². The molecule has 2 rings (SSSR count). The summed E-state index contributed by atoms with van der Waals surface area (Å²) in [5.41, 5.74) is -0.228. The van der Waals surface area contributed by atoms with Crippen LogP contribution in [0.15, 0.2) is 16.6 Å². The van der Waals surface area contributed by atoms with E-state index in [4.69, 9.17) is 12.6 Å². The Labute approximate surface area is 135 Å². The van der Waals surface area contributed by atoms with E-state index >= 15 is 0 Å². The van der Waals surface area contributed by atoms with Gasteiger partial charge in [-0.1, -0.05) is 6.08 Å². The van der Waals surface area contributed by atoms with Crippen molar-refractivity contribution < 1.29 is 39.1 Å². The maximum Gasteiger partial charge on any atom is 1.00 e. The average Bonchev–Trinajstić information content (AvgIpc) is 2.35. The van der Waals surface area contributed by atoms with Gasteiger partial charge in [0.2, 0.25) is 5.91 Å². The van der Waals surface area contributed by atoms with Crippen molar-refractivity contribution in [2.24, 2.45) is 10.4 Å². The molecule has 2 aliphatic rings. The summed E-state index contributed by atoms with van der Waals surface area (Å²) in [6, 6.07) is 0. The summed E-state index contributed by atoms with van der Waals surface area (Å²) in [7, 11) is 1.57. The Morgan fingerprint density at radius 3 is 2.61 bits per heavy atom. The number of hydrogen-bond donors (Lipinski definition) is 0. The third-order valence-electron chi connectivity index (χ3n) is 3.58. The minimum Gasteiger partial charge on any atom is -0.742 e. The minimum absolute atomic E-state index is 0. The smallest absolute Gasteiger partial charge is 0.742 e. The van der Waals surface area contributed by atoms with E-state index in [9.17, 15) is 9.59 Å². The molecule has 0 N–H and O–H groups in total. The van der Waals surface area contributed by atoms with Gasteiger partial charge in [-0.2, -0.15) is 0 Å². The zero-order chi connectivity index (χ0) is 12.6. The van der Waals surface area contributed by atoms with Crippen molar-refractivity contribution in [2.45, 2.75) is 32.6 Å². The Bertz CT molecular complexity index is 447. The standard InChI is InChI=1S/C12H16N2O2S.Na/c1-12(8-6-4-3-5-7-8)9(15)13-11(17)14(2)10(12)16;/h6H,3-5,7H2,1-2H3,(H,13,15,17);/q;+1/p-1. The molecule has 1 aliphatic carbocycles. The quantitative estimate of drug-likeness (QED) is 0.250. The number of allylic oxidation sites excluding steroid dienone is 1. The number of carbonyl (C=O) groups excluding carboxylic acids is 2. The number of amidine groups is 1. The molecule has 6 heteroatoms. The third-order valence-corrected chi connectivity index (χ3v) is 3.94. The van der Waals surface area contributed by atoms with Crippen molar-refractivity contribution >= 4 is 29.6 Å². The molecule has 92 valence electrons. The van der Waals surface area contributed by atoms with E-state index in [0.29, 0.717) is 0 Å². The second-order valence-corrected chi connectivity index (χ2v) is 5.03. The summed E-state index contributed by atoms with van der Waals surface area (Å²) in [6.07, 6.45) is 5.88. The van der Waals surface area contributed by atoms with Gasteiger partial charge in [0.25, 0.3) is 5.91 Å². The maximum atomic E-state index is 12.3. The molecule has 0 saturated carbocycles. The zero-order valence-corrected chi connectivity index (χ0v) is 13.8. The molecule has 0 aromatic rings. The first kappa shape index (κ1) is 15.8. The molecule has 0 aromatic carbocycles. The van der Waals surface area contributed by atoms with E-state index in [2.05, 4.69) is 4.99 Å². The molecule has 0 bridgehead atoms. The fraction of sp³-hybridized carbons (Fsp3) is 0.583. The number of nitrogens with zero attached hydrogens (tertiary/aromatic N) is 2. The van der Waals surface area contributed by atoms with Crippen molar-refractivity contribution in [3.8, 4) is 0 Å². The number of hydrogen-bond acceptors (Lipinski definition) is 3. The van der Waals surface area contributed by atoms with E-state index in [1.54, 1.807) is 14.0 Å². The van der Waals surface area contributed by atoms with Crippen molar-refractivity contribution in [2.75, 3.05) is 7.05 Å². The Morgan fingerprint density at radius 1 is 1.39 bits per heavy atom. The third kappa shape index (κ3) is 2.41. The zero-order valence-electron chi connectivity index (χ0n) is 11.0. The van der Waals surface area contributed by atoms with Crippen LogP contribution in [0, 0.1) is 5.41 Å². The van der Waals surface area contributed by atoms with E-state index < -0.39 is 11.3 Å². The predicted octanol–water partition coefficient (Wildman–Crippen LogP) is -1.60. The molecule has 0 radical (unpaired) electrons. The normalized spacial score (nSPS) is 28.4. The Balaban J connectivity index is 0.00000162. The summed E-state index contributed by atoms with van der Waals surface area (Å²) in [6.45, 7) is 1.66. The molecular weight excluding hydrogens is 259 g/mol. The molecule has 0 fully saturated rings. The number of carbonyl (C=O) groups is 2. The number of rotatable bonds is 1. The predicted molar refractivity (Wildman–Crippen MR) is 67.2 cm³/mol. The summed E-state index contributed by atoms with van der Waals surface area (Å²) in [5.74, 6) is -0.672. The van der Waals surface area contributed by atoms with Crippen LogP contribution in [0.2, 0.25) is 0 Å². The van der Waals surface area contributed by atoms with E-state index in [1.807, 2.05) is 6.08 Å². The van der Waals surface area contributed by atoms with Gasteiger partial charge >= 0.3 is 29.6 Å². The molecule has 1 heterocycles. The van der Waals surface area contributed by atoms with Crippen LogP contribution in [0.3, 0.4) is 0 Å². The molecule has 2 amide bonds. The molecule has 18 heavy (non-hydrogen) atoms. The second-order valence-electron chi connectivity index (χ2n) is 4.66. The topological polar surface area (TPSA) is 49.7 Å². The van der Waals surface area contributed by atoms with Gasteiger partial charge in [-0.15, -0.1) is 0 Å². The molecule has 1 unspecified atom stereocenters. The van der Waals surface area contributed by atoms with Crippen LogP contribution in [0.5, 0.6) is 0 Å². The first-order valence-electron chi connectivity index (χ1n) is 5.75. The number of aliphatic imine (C=N–C) groups is 1. The van der Waals surface area contributed by atoms with Crippen LogP contribution < -0.4 is 29.6 Å². The Morgan fingerprint density at radius 2 is 2.06 bits per heavy atom. The monoisotopic (exact) mass is 274 g/mol. The van der Waals surface area contributed by atoms with Gasteiger partial charge in [0.05, 0.1) is 0 Å². The fourth-order valence-corrected chi connectivity index (χ4v) is 2.52. The van der Waals surface area contributed by atoms with E-state index in [-0.39, 0.29) is 40.6 Å². The largest absolute Gasteiger partial charge is 1.00 e. The molecule has 0 saturated heterocycles. The first-order valence-corrected chi connectivity index (χ1v) is 6.16. The summed E-state index contributed by atoms with van der Waals surface area (Å²) in [5, 5.41) is 0.0638. The van der Waals surface area contributed by atoms with E-state index in [0.717, 1.165) is 31.3 Å². The molecule has 1 atom stereocenters.